The van der Waals surface area contributed by atoms with Crippen molar-refractivity contribution in [1.82, 2.24) is 0 Å². The van der Waals surface area contributed by atoms with Crippen LogP contribution >= 0.6 is 0 Å². The van der Waals surface area contributed by atoms with E-state index < -0.39 is 0 Å². The highest BCUT2D eigenvalue weighted by atomic mass is 19.1. The van der Waals surface area contributed by atoms with Gasteiger partial charge in [-0.25, -0.2) is 4.39 Å². The Hall–Kier alpha value is -1.83. The fourth-order valence-corrected chi connectivity index (χ4v) is 1.54. The molecule has 0 aliphatic carbocycles. The van der Waals surface area contributed by atoms with Crippen molar-refractivity contribution in [3.8, 4) is 16.9 Å². The second-order valence-corrected chi connectivity index (χ2v) is 3.21. The molecule has 2 aromatic carbocycles. The normalized spacial score (nSPS) is 10.0. The van der Waals surface area contributed by atoms with Crippen molar-refractivity contribution in [3.05, 3.63) is 54.3 Å². The minimum absolute atomic E-state index is 0.238. The van der Waals surface area contributed by atoms with E-state index >= 15 is 0 Å². The van der Waals surface area contributed by atoms with E-state index in [1.54, 1.807) is 13.2 Å². The summed E-state index contributed by atoms with van der Waals surface area (Å²) in [7, 11) is 1.61. The summed E-state index contributed by atoms with van der Waals surface area (Å²) in [4.78, 5) is 0. The van der Waals surface area contributed by atoms with Crippen LogP contribution in [0.2, 0.25) is 0 Å². The fourth-order valence-electron chi connectivity index (χ4n) is 1.54. The van der Waals surface area contributed by atoms with Gasteiger partial charge in [0, 0.05) is 5.56 Å². The molecule has 2 aromatic rings. The number of para-hydroxylation sites is 1. The summed E-state index contributed by atoms with van der Waals surface area (Å²) in [6.45, 7) is 0. The van der Waals surface area contributed by atoms with Gasteiger partial charge in [-0.05, 0) is 23.8 Å². The Morgan fingerprint density at radius 1 is 1.00 bits per heavy atom. The molecule has 2 heteroatoms. The lowest BCUT2D eigenvalue weighted by Crippen LogP contribution is -1.87. The third-order valence-electron chi connectivity index (χ3n) is 2.24. The Morgan fingerprint density at radius 2 is 1.80 bits per heavy atom. The maximum Gasteiger partial charge on any atom is 0.126 e. The smallest absolute Gasteiger partial charge is 0.126 e. The van der Waals surface area contributed by atoms with E-state index in [4.69, 9.17) is 4.74 Å². The van der Waals surface area contributed by atoms with Gasteiger partial charge in [-0.15, -0.1) is 0 Å². The predicted octanol–water partition coefficient (Wildman–Crippen LogP) is 3.50. The van der Waals surface area contributed by atoms with E-state index in [0.29, 0.717) is 0 Å². The van der Waals surface area contributed by atoms with E-state index in [0.717, 1.165) is 16.9 Å². The van der Waals surface area contributed by atoms with E-state index in [2.05, 4.69) is 0 Å². The zero-order chi connectivity index (χ0) is 10.7. The van der Waals surface area contributed by atoms with Gasteiger partial charge in [0.2, 0.25) is 0 Å². The van der Waals surface area contributed by atoms with Crippen LogP contribution in [0.4, 0.5) is 4.39 Å². The molecule has 0 unspecified atom stereocenters. The second kappa shape index (κ2) is 4.13. The Balaban J connectivity index is 2.53. The minimum atomic E-state index is -0.238. The van der Waals surface area contributed by atoms with Gasteiger partial charge in [0.25, 0.3) is 0 Å². The van der Waals surface area contributed by atoms with Crippen LogP contribution in [0.25, 0.3) is 11.1 Å². The molecule has 0 aliphatic heterocycles. The molecule has 2 rings (SSSR count). The molecule has 0 heterocycles. The van der Waals surface area contributed by atoms with Crippen LogP contribution in [0, 0.1) is 5.82 Å². The van der Waals surface area contributed by atoms with Gasteiger partial charge in [0.1, 0.15) is 11.6 Å². The Kier molecular flexibility index (Phi) is 2.68. The zero-order valence-corrected chi connectivity index (χ0v) is 8.41. The first-order valence-electron chi connectivity index (χ1n) is 4.70. The molecule has 0 N–H and O–H groups in total. The molecule has 15 heavy (non-hydrogen) atoms. The van der Waals surface area contributed by atoms with Crippen LogP contribution in [0.5, 0.6) is 5.75 Å². The van der Waals surface area contributed by atoms with Crippen molar-refractivity contribution in [1.29, 1.82) is 0 Å². The second-order valence-electron chi connectivity index (χ2n) is 3.21. The molecule has 1 nitrogen and oxygen atoms in total. The highest BCUT2D eigenvalue weighted by Gasteiger charge is 2.04. The predicted molar refractivity (Wildman–Crippen MR) is 58.4 cm³/mol. The lowest BCUT2D eigenvalue weighted by atomic mass is 10.0. The highest BCUT2D eigenvalue weighted by molar-refractivity contribution is 5.70. The molecular weight excluding hydrogens is 191 g/mol. The third kappa shape index (κ3) is 1.99. The van der Waals surface area contributed by atoms with Crippen molar-refractivity contribution in [2.24, 2.45) is 0 Å². The summed E-state index contributed by atoms with van der Waals surface area (Å²) < 4.78 is 18.3. The Labute approximate surface area is 88.1 Å². The standard InChI is InChI=1S/C13H11FO/c1-15-13-8-3-2-7-12(13)10-5-4-6-11(14)9-10/h2-9H,1H3. The molecule has 0 bridgehead atoms. The van der Waals surface area contributed by atoms with Crippen molar-refractivity contribution in [3.63, 3.8) is 0 Å². The molecule has 0 radical (unpaired) electrons. The summed E-state index contributed by atoms with van der Waals surface area (Å²) in [5, 5.41) is 0. The lowest BCUT2D eigenvalue weighted by Gasteiger charge is -2.07. The van der Waals surface area contributed by atoms with Crippen LogP contribution in [0.15, 0.2) is 48.5 Å². The Bertz CT molecular complexity index is 466. The van der Waals surface area contributed by atoms with Gasteiger partial charge in [-0.1, -0.05) is 30.3 Å². The van der Waals surface area contributed by atoms with E-state index in [1.807, 2.05) is 30.3 Å². The molecule has 0 amide bonds. The number of hydrogen-bond donors (Lipinski definition) is 0. The van der Waals surface area contributed by atoms with Crippen LogP contribution in [0.3, 0.4) is 0 Å². The molecule has 0 saturated heterocycles. The molecule has 0 aliphatic rings. The SMILES string of the molecule is COc1ccccc1-c1cccc(F)c1. The number of rotatable bonds is 2. The van der Waals surface area contributed by atoms with Crippen LogP contribution < -0.4 is 4.74 Å². The first-order valence-corrected chi connectivity index (χ1v) is 4.70. The first-order chi connectivity index (χ1) is 7.31. The number of hydrogen-bond acceptors (Lipinski definition) is 1. The quantitative estimate of drug-likeness (QED) is 0.724. The molecule has 0 saturated carbocycles. The monoisotopic (exact) mass is 202 g/mol. The minimum Gasteiger partial charge on any atom is -0.496 e. The van der Waals surface area contributed by atoms with Crippen molar-refractivity contribution in [2.45, 2.75) is 0 Å². The zero-order valence-electron chi connectivity index (χ0n) is 8.41. The topological polar surface area (TPSA) is 9.23 Å². The van der Waals surface area contributed by atoms with E-state index in [-0.39, 0.29) is 5.82 Å². The van der Waals surface area contributed by atoms with Gasteiger partial charge in [0.15, 0.2) is 0 Å². The fraction of sp³-hybridized carbons (Fsp3) is 0.0769. The summed E-state index contributed by atoms with van der Waals surface area (Å²) in [6, 6.07) is 14.0. The van der Waals surface area contributed by atoms with Crippen LogP contribution in [0.1, 0.15) is 0 Å². The average Bonchev–Trinajstić information content (AvgIpc) is 2.29. The number of benzene rings is 2. The largest absolute Gasteiger partial charge is 0.496 e. The first kappa shape index (κ1) is 9.71. The van der Waals surface area contributed by atoms with Gasteiger partial charge in [-0.3, -0.25) is 0 Å². The summed E-state index contributed by atoms with van der Waals surface area (Å²) in [5.41, 5.74) is 1.73. The van der Waals surface area contributed by atoms with Gasteiger partial charge < -0.3 is 4.74 Å². The molecule has 0 spiro atoms. The van der Waals surface area contributed by atoms with Crippen molar-refractivity contribution >= 4 is 0 Å². The van der Waals surface area contributed by atoms with Crippen molar-refractivity contribution in [2.75, 3.05) is 7.11 Å². The van der Waals surface area contributed by atoms with Crippen molar-refractivity contribution < 1.29 is 9.13 Å². The average molecular weight is 202 g/mol. The number of halogens is 1. The molecular formula is C13H11FO. The molecule has 76 valence electrons. The number of methoxy groups -OCH3 is 1. The number of ether oxygens (including phenoxy) is 1. The van der Waals surface area contributed by atoms with E-state index in [1.165, 1.54) is 12.1 Å². The highest BCUT2D eigenvalue weighted by Crippen LogP contribution is 2.29. The summed E-state index contributed by atoms with van der Waals surface area (Å²) in [6.07, 6.45) is 0. The van der Waals surface area contributed by atoms with Gasteiger partial charge in [-0.2, -0.15) is 0 Å². The maximum absolute atomic E-state index is 13.0. The third-order valence-corrected chi connectivity index (χ3v) is 2.24. The van der Waals surface area contributed by atoms with E-state index in [9.17, 15) is 4.39 Å². The van der Waals surface area contributed by atoms with Gasteiger partial charge in [0.05, 0.1) is 7.11 Å². The molecule has 0 atom stereocenters. The Morgan fingerprint density at radius 3 is 2.53 bits per heavy atom. The lowest BCUT2D eigenvalue weighted by molar-refractivity contribution is 0.416. The maximum atomic E-state index is 13.0. The molecule has 0 aromatic heterocycles. The van der Waals surface area contributed by atoms with Crippen LogP contribution in [-0.2, 0) is 0 Å². The summed E-state index contributed by atoms with van der Waals surface area (Å²) >= 11 is 0. The van der Waals surface area contributed by atoms with Crippen LogP contribution in [-0.4, -0.2) is 7.11 Å². The molecule has 0 fully saturated rings. The summed E-state index contributed by atoms with van der Waals surface area (Å²) in [5.74, 6) is 0.515. The van der Waals surface area contributed by atoms with Gasteiger partial charge >= 0.3 is 0 Å².